The van der Waals surface area contributed by atoms with E-state index < -0.39 is 0 Å². The van der Waals surface area contributed by atoms with Crippen molar-refractivity contribution >= 4 is 23.0 Å². The van der Waals surface area contributed by atoms with Crippen molar-refractivity contribution in [3.8, 4) is 0 Å². The van der Waals surface area contributed by atoms with Crippen molar-refractivity contribution in [1.29, 1.82) is 0 Å². The van der Waals surface area contributed by atoms with Gasteiger partial charge >= 0.3 is 0 Å². The van der Waals surface area contributed by atoms with Gasteiger partial charge in [-0.05, 0) is 12.1 Å². The van der Waals surface area contributed by atoms with Crippen molar-refractivity contribution in [1.82, 2.24) is 15.2 Å². The first-order valence-electron chi connectivity index (χ1n) is 4.98. The van der Waals surface area contributed by atoms with Crippen LogP contribution in [0.15, 0.2) is 23.7 Å². The summed E-state index contributed by atoms with van der Waals surface area (Å²) in [4.78, 5) is 4.27. The Morgan fingerprint density at radius 3 is 2.94 bits per heavy atom. The summed E-state index contributed by atoms with van der Waals surface area (Å²) in [5.41, 5.74) is 5.45. The van der Waals surface area contributed by atoms with E-state index >= 15 is 0 Å². The molecule has 0 aliphatic rings. The topological polar surface area (TPSA) is 76.7 Å². The van der Waals surface area contributed by atoms with Crippen LogP contribution in [-0.2, 0) is 0 Å². The maximum absolute atomic E-state index is 5.45. The highest BCUT2D eigenvalue weighted by Gasteiger charge is 2.07. The van der Waals surface area contributed by atoms with Gasteiger partial charge in [0.25, 0.3) is 0 Å². The minimum atomic E-state index is 0.361. The number of nitrogens with zero attached hydrogens (tertiary/aromatic N) is 3. The molecule has 1 unspecified atom stereocenters. The van der Waals surface area contributed by atoms with Crippen LogP contribution >= 0.6 is 11.3 Å². The molecule has 0 spiro atoms. The average molecular weight is 235 g/mol. The van der Waals surface area contributed by atoms with Gasteiger partial charge in [-0.3, -0.25) is 0 Å². The second kappa shape index (κ2) is 4.89. The number of nitrogens with one attached hydrogen (secondary N) is 1. The minimum Gasteiger partial charge on any atom is -0.382 e. The number of hydrogen-bond acceptors (Lipinski definition) is 6. The molecule has 6 heteroatoms. The van der Waals surface area contributed by atoms with Gasteiger partial charge in [0.15, 0.2) is 0 Å². The molecule has 0 fully saturated rings. The maximum atomic E-state index is 5.45. The Labute approximate surface area is 97.7 Å². The van der Waals surface area contributed by atoms with Crippen LogP contribution in [0.2, 0.25) is 0 Å². The number of nitrogen functional groups attached to an aromatic ring is 1. The van der Waals surface area contributed by atoms with Crippen LogP contribution in [-0.4, -0.2) is 21.7 Å². The molecule has 84 valence electrons. The van der Waals surface area contributed by atoms with Gasteiger partial charge in [-0.25, -0.2) is 4.98 Å². The van der Waals surface area contributed by atoms with E-state index in [1.807, 2.05) is 17.6 Å². The third kappa shape index (κ3) is 2.66. The lowest BCUT2D eigenvalue weighted by Gasteiger charge is -2.09. The molecular formula is C10H13N5S. The number of aromatic nitrogens is 3. The number of rotatable bonds is 4. The van der Waals surface area contributed by atoms with E-state index in [4.69, 9.17) is 5.73 Å². The summed E-state index contributed by atoms with van der Waals surface area (Å²) in [5.74, 6) is 1.52. The quantitative estimate of drug-likeness (QED) is 0.844. The SMILES string of the molecule is CC(CNc1ccc(N)nn1)c1nccs1. The average Bonchev–Trinajstić information content (AvgIpc) is 2.81. The summed E-state index contributed by atoms with van der Waals surface area (Å²) in [5, 5.41) is 14.0. The molecule has 0 bridgehead atoms. The highest BCUT2D eigenvalue weighted by Crippen LogP contribution is 2.17. The molecule has 0 saturated carbocycles. The van der Waals surface area contributed by atoms with Crippen molar-refractivity contribution in [2.75, 3.05) is 17.6 Å². The van der Waals surface area contributed by atoms with Gasteiger partial charge in [0.1, 0.15) is 11.6 Å². The van der Waals surface area contributed by atoms with Gasteiger partial charge in [0, 0.05) is 24.0 Å². The second-order valence-electron chi connectivity index (χ2n) is 3.50. The van der Waals surface area contributed by atoms with E-state index in [1.54, 1.807) is 17.4 Å². The predicted octanol–water partition coefficient (Wildman–Crippen LogP) is 1.73. The first kappa shape index (κ1) is 10.8. The molecule has 0 radical (unpaired) electrons. The van der Waals surface area contributed by atoms with Crippen molar-refractivity contribution in [2.45, 2.75) is 12.8 Å². The molecule has 2 heterocycles. The Bertz CT molecular complexity index is 425. The van der Waals surface area contributed by atoms with Gasteiger partial charge in [-0.2, -0.15) is 0 Å². The third-order valence-electron chi connectivity index (χ3n) is 2.15. The summed E-state index contributed by atoms with van der Waals surface area (Å²) in [6.45, 7) is 2.91. The Morgan fingerprint density at radius 2 is 2.31 bits per heavy atom. The van der Waals surface area contributed by atoms with Crippen LogP contribution in [0.1, 0.15) is 17.8 Å². The standard InChI is InChI=1S/C10H13N5S/c1-7(10-12-4-5-16-10)6-13-9-3-2-8(11)14-15-9/h2-5,7H,6H2,1H3,(H2,11,14)(H,13,15). The zero-order valence-electron chi connectivity index (χ0n) is 8.92. The molecule has 3 N–H and O–H groups in total. The lowest BCUT2D eigenvalue weighted by molar-refractivity contribution is 0.789. The third-order valence-corrected chi connectivity index (χ3v) is 3.15. The monoisotopic (exact) mass is 235 g/mol. The molecule has 16 heavy (non-hydrogen) atoms. The van der Waals surface area contributed by atoms with Crippen molar-refractivity contribution in [3.05, 3.63) is 28.7 Å². The molecular weight excluding hydrogens is 222 g/mol. The van der Waals surface area contributed by atoms with E-state index in [-0.39, 0.29) is 0 Å². The highest BCUT2D eigenvalue weighted by atomic mass is 32.1. The lowest BCUT2D eigenvalue weighted by Crippen LogP contribution is -2.11. The van der Waals surface area contributed by atoms with Crippen molar-refractivity contribution in [3.63, 3.8) is 0 Å². The van der Waals surface area contributed by atoms with Crippen LogP contribution < -0.4 is 11.1 Å². The molecule has 2 rings (SSSR count). The summed E-state index contributed by atoms with van der Waals surface area (Å²) >= 11 is 1.66. The Kier molecular flexibility index (Phi) is 3.31. The Morgan fingerprint density at radius 1 is 1.44 bits per heavy atom. The van der Waals surface area contributed by atoms with E-state index in [0.29, 0.717) is 11.7 Å². The van der Waals surface area contributed by atoms with E-state index in [0.717, 1.165) is 17.4 Å². The molecule has 1 atom stereocenters. The van der Waals surface area contributed by atoms with Crippen LogP contribution in [0.3, 0.4) is 0 Å². The minimum absolute atomic E-state index is 0.361. The molecule has 0 amide bonds. The molecule has 0 aromatic carbocycles. The number of thiazole rings is 1. The van der Waals surface area contributed by atoms with Crippen LogP contribution in [0.5, 0.6) is 0 Å². The summed E-state index contributed by atoms with van der Waals surface area (Å²) < 4.78 is 0. The molecule has 2 aromatic heterocycles. The van der Waals surface area contributed by atoms with Crippen LogP contribution in [0.4, 0.5) is 11.6 Å². The fraction of sp³-hybridized carbons (Fsp3) is 0.300. The normalized spacial score (nSPS) is 12.3. The zero-order valence-corrected chi connectivity index (χ0v) is 9.74. The maximum Gasteiger partial charge on any atom is 0.148 e. The largest absolute Gasteiger partial charge is 0.382 e. The van der Waals surface area contributed by atoms with Gasteiger partial charge in [-0.15, -0.1) is 21.5 Å². The zero-order chi connectivity index (χ0) is 11.4. The van der Waals surface area contributed by atoms with Gasteiger partial charge in [0.05, 0.1) is 5.01 Å². The summed E-state index contributed by atoms with van der Waals surface area (Å²) in [6, 6.07) is 3.54. The second-order valence-corrected chi connectivity index (χ2v) is 4.42. The molecule has 0 aliphatic carbocycles. The fourth-order valence-corrected chi connectivity index (χ4v) is 1.96. The number of hydrogen-bond donors (Lipinski definition) is 2. The molecule has 0 saturated heterocycles. The van der Waals surface area contributed by atoms with Gasteiger partial charge in [-0.1, -0.05) is 6.92 Å². The van der Waals surface area contributed by atoms with E-state index in [9.17, 15) is 0 Å². The summed E-state index contributed by atoms with van der Waals surface area (Å²) in [7, 11) is 0. The number of nitrogens with two attached hydrogens (primary N) is 1. The molecule has 0 aliphatic heterocycles. The first-order valence-corrected chi connectivity index (χ1v) is 5.86. The smallest absolute Gasteiger partial charge is 0.148 e. The van der Waals surface area contributed by atoms with Gasteiger partial charge in [0.2, 0.25) is 0 Å². The lowest BCUT2D eigenvalue weighted by atomic mass is 10.2. The van der Waals surface area contributed by atoms with Gasteiger partial charge < -0.3 is 11.1 Å². The predicted molar refractivity (Wildman–Crippen MR) is 65.5 cm³/mol. The van der Waals surface area contributed by atoms with Crippen LogP contribution in [0, 0.1) is 0 Å². The Balaban J connectivity index is 1.90. The molecule has 2 aromatic rings. The van der Waals surface area contributed by atoms with E-state index in [2.05, 4.69) is 27.4 Å². The van der Waals surface area contributed by atoms with Crippen molar-refractivity contribution < 1.29 is 0 Å². The fourth-order valence-electron chi connectivity index (χ4n) is 1.26. The van der Waals surface area contributed by atoms with E-state index in [1.165, 1.54) is 0 Å². The van der Waals surface area contributed by atoms with Crippen molar-refractivity contribution in [2.24, 2.45) is 0 Å². The first-order chi connectivity index (χ1) is 7.75. The molecule has 5 nitrogen and oxygen atoms in total. The highest BCUT2D eigenvalue weighted by molar-refractivity contribution is 7.09. The Hall–Kier alpha value is -1.69. The van der Waals surface area contributed by atoms with Crippen LogP contribution in [0.25, 0.3) is 0 Å². The summed E-state index contributed by atoms with van der Waals surface area (Å²) in [6.07, 6.45) is 1.82. The number of anilines is 2.